The fraction of sp³-hybridized carbons (Fsp3) is 0.222. The van der Waals surface area contributed by atoms with Crippen LogP contribution in [-0.2, 0) is 16.4 Å². The molecule has 0 saturated heterocycles. The Bertz CT molecular complexity index is 1550. The van der Waals surface area contributed by atoms with E-state index in [2.05, 4.69) is 31.8 Å². The number of fused-ring (bicyclic) bond motifs is 9. The summed E-state index contributed by atoms with van der Waals surface area (Å²) >= 11 is 0. The quantitative estimate of drug-likeness (QED) is 0.403. The molecule has 6 rings (SSSR count). The summed E-state index contributed by atoms with van der Waals surface area (Å²) in [6.07, 6.45) is 4.34. The summed E-state index contributed by atoms with van der Waals surface area (Å²) in [7, 11) is -3.95. The smallest absolute Gasteiger partial charge is 0.265 e. The van der Waals surface area contributed by atoms with Gasteiger partial charge in [-0.1, -0.05) is 42.5 Å². The first kappa shape index (κ1) is 21.7. The van der Waals surface area contributed by atoms with Crippen molar-refractivity contribution < 1.29 is 13.2 Å². The summed E-state index contributed by atoms with van der Waals surface area (Å²) in [6.45, 7) is 4.01. The Morgan fingerprint density at radius 2 is 1.77 bits per heavy atom. The molecule has 2 aromatic heterocycles. The molecule has 0 saturated carbocycles. The standard InChI is InChI=1S/C27H24N4O3S/c1-16-6-5-7-17(2)26(16)23-13-25-30-27(29-23)31-35(32,33)21-11-20(14-28-15-21)19-10-18-8-3-4-9-22(18)24(12-19)34-25/h3-9,11,13-15,19,24H,10,12H2,1-2H3,(H,29,30,31)/t19?,24-/m1/s1. The topological polar surface area (TPSA) is 94.1 Å². The van der Waals surface area contributed by atoms with Gasteiger partial charge in [0.1, 0.15) is 11.0 Å². The molecule has 2 aromatic carbocycles. The molecular formula is C27H24N4O3S. The largest absolute Gasteiger partial charge is 0.469 e. The third kappa shape index (κ3) is 3.93. The van der Waals surface area contributed by atoms with Crippen LogP contribution in [0, 0.1) is 13.8 Å². The van der Waals surface area contributed by atoms with Crippen LogP contribution < -0.4 is 9.46 Å². The number of ether oxygens (including phenoxy) is 1. The van der Waals surface area contributed by atoms with Crippen LogP contribution in [0.15, 0.2) is 71.9 Å². The lowest BCUT2D eigenvalue weighted by Gasteiger charge is -2.32. The maximum absolute atomic E-state index is 13.3. The zero-order chi connectivity index (χ0) is 24.2. The first-order valence-corrected chi connectivity index (χ1v) is 13.0. The van der Waals surface area contributed by atoms with Crippen LogP contribution in [-0.4, -0.2) is 23.4 Å². The number of anilines is 1. The van der Waals surface area contributed by atoms with Gasteiger partial charge in [-0.2, -0.15) is 4.98 Å². The van der Waals surface area contributed by atoms with E-state index in [1.807, 2.05) is 44.2 Å². The van der Waals surface area contributed by atoms with Crippen molar-refractivity contribution >= 4 is 16.0 Å². The third-order valence-corrected chi connectivity index (χ3v) is 8.11. The van der Waals surface area contributed by atoms with Crippen LogP contribution in [0.4, 0.5) is 5.95 Å². The lowest BCUT2D eigenvalue weighted by atomic mass is 9.79. The number of nitrogens with zero attached hydrogens (tertiary/aromatic N) is 3. The van der Waals surface area contributed by atoms with Gasteiger partial charge in [-0.3, -0.25) is 4.98 Å². The molecule has 3 heterocycles. The number of hydrogen-bond acceptors (Lipinski definition) is 6. The fourth-order valence-corrected chi connectivity index (χ4v) is 6.08. The van der Waals surface area contributed by atoms with E-state index in [1.165, 1.54) is 11.8 Å². The second-order valence-corrected chi connectivity index (χ2v) is 10.9. The van der Waals surface area contributed by atoms with Crippen molar-refractivity contribution in [3.05, 3.63) is 94.8 Å². The zero-order valence-electron chi connectivity index (χ0n) is 19.4. The normalized spacial score (nSPS) is 19.8. The summed E-state index contributed by atoms with van der Waals surface area (Å²) in [6, 6.07) is 17.7. The van der Waals surface area contributed by atoms with Crippen molar-refractivity contribution in [3.63, 3.8) is 0 Å². The molecule has 4 aromatic rings. The van der Waals surface area contributed by atoms with Crippen LogP contribution in [0.1, 0.15) is 46.3 Å². The predicted molar refractivity (Wildman–Crippen MR) is 133 cm³/mol. The zero-order valence-corrected chi connectivity index (χ0v) is 20.2. The Morgan fingerprint density at radius 3 is 2.60 bits per heavy atom. The van der Waals surface area contributed by atoms with Crippen LogP contribution in [0.2, 0.25) is 0 Å². The monoisotopic (exact) mass is 484 g/mol. The Morgan fingerprint density at radius 1 is 0.971 bits per heavy atom. The van der Waals surface area contributed by atoms with Gasteiger partial charge in [-0.15, -0.1) is 0 Å². The van der Waals surface area contributed by atoms with Crippen molar-refractivity contribution in [1.29, 1.82) is 0 Å². The molecule has 8 heteroatoms. The highest BCUT2D eigenvalue weighted by Crippen LogP contribution is 2.42. The summed E-state index contributed by atoms with van der Waals surface area (Å²) in [5.74, 6) is 0.362. The number of benzene rings is 2. The summed E-state index contributed by atoms with van der Waals surface area (Å²) in [5.41, 5.74) is 6.78. The molecule has 1 N–H and O–H groups in total. The minimum absolute atomic E-state index is 0.0354. The summed E-state index contributed by atoms with van der Waals surface area (Å²) in [5, 5.41) is 0. The number of hydrogen-bond donors (Lipinski definition) is 1. The summed E-state index contributed by atoms with van der Waals surface area (Å²) in [4.78, 5) is 13.4. The van der Waals surface area contributed by atoms with E-state index in [0.29, 0.717) is 18.0 Å². The van der Waals surface area contributed by atoms with E-state index in [0.717, 1.165) is 34.2 Å². The highest BCUT2D eigenvalue weighted by Gasteiger charge is 2.31. The Kier molecular flexibility index (Phi) is 5.07. The SMILES string of the molecule is Cc1cccc(C)c1-c1cc2nc(n1)NS(=O)(=O)c1cncc(c1)C1Cc3ccccc3[C@@H](C1)O2. The summed E-state index contributed by atoms with van der Waals surface area (Å²) < 4.78 is 35.6. The van der Waals surface area contributed by atoms with Crippen molar-refractivity contribution in [2.75, 3.05) is 4.72 Å². The number of aromatic nitrogens is 3. The third-order valence-electron chi connectivity index (χ3n) is 6.81. The number of pyridine rings is 1. The maximum Gasteiger partial charge on any atom is 0.265 e. The second-order valence-electron chi connectivity index (χ2n) is 9.18. The van der Waals surface area contributed by atoms with E-state index in [4.69, 9.17) is 4.74 Å². The van der Waals surface area contributed by atoms with Gasteiger partial charge in [0.2, 0.25) is 11.8 Å². The number of rotatable bonds is 1. The first-order valence-electron chi connectivity index (χ1n) is 11.6. The van der Waals surface area contributed by atoms with Crippen LogP contribution in [0.3, 0.4) is 0 Å². The van der Waals surface area contributed by atoms with E-state index < -0.39 is 10.0 Å². The second kappa shape index (κ2) is 8.16. The van der Waals surface area contributed by atoms with Crippen LogP contribution >= 0.6 is 0 Å². The van der Waals surface area contributed by atoms with Crippen LogP contribution in [0.5, 0.6) is 5.88 Å². The molecular weight excluding hydrogens is 460 g/mol. The predicted octanol–water partition coefficient (Wildman–Crippen LogP) is 5.12. The number of nitrogens with one attached hydrogen (secondary N) is 1. The molecule has 1 unspecified atom stereocenters. The van der Waals surface area contributed by atoms with Gasteiger partial charge in [0, 0.05) is 24.0 Å². The molecule has 35 heavy (non-hydrogen) atoms. The van der Waals surface area contributed by atoms with Crippen LogP contribution in [0.25, 0.3) is 11.3 Å². The number of aryl methyl sites for hydroxylation is 2. The van der Waals surface area contributed by atoms with Gasteiger partial charge >= 0.3 is 0 Å². The van der Waals surface area contributed by atoms with Gasteiger partial charge in [0.25, 0.3) is 10.0 Å². The van der Waals surface area contributed by atoms with Crippen molar-refractivity contribution in [1.82, 2.24) is 15.0 Å². The van der Waals surface area contributed by atoms with Crippen molar-refractivity contribution in [2.24, 2.45) is 0 Å². The van der Waals surface area contributed by atoms with Gasteiger partial charge < -0.3 is 4.74 Å². The molecule has 2 atom stereocenters. The highest BCUT2D eigenvalue weighted by atomic mass is 32.2. The van der Waals surface area contributed by atoms with Gasteiger partial charge in [0.05, 0.1) is 5.69 Å². The Hall–Kier alpha value is -3.78. The molecule has 176 valence electrons. The molecule has 7 nitrogen and oxygen atoms in total. The average Bonchev–Trinajstić information content (AvgIpc) is 2.83. The van der Waals surface area contributed by atoms with Gasteiger partial charge in [0.15, 0.2) is 0 Å². The Labute approximate surface area is 204 Å². The molecule has 0 amide bonds. The van der Waals surface area contributed by atoms with E-state index in [-0.39, 0.29) is 22.9 Å². The maximum atomic E-state index is 13.3. The first-order chi connectivity index (χ1) is 16.9. The molecule has 6 bridgehead atoms. The Balaban J connectivity index is 1.57. The van der Waals surface area contributed by atoms with E-state index in [1.54, 1.807) is 18.3 Å². The number of sulfonamides is 1. The molecule has 2 aliphatic rings. The molecule has 0 radical (unpaired) electrons. The van der Waals surface area contributed by atoms with Crippen molar-refractivity contribution in [2.45, 2.75) is 43.6 Å². The van der Waals surface area contributed by atoms with Crippen molar-refractivity contribution in [3.8, 4) is 17.1 Å². The lowest BCUT2D eigenvalue weighted by Crippen LogP contribution is -2.23. The molecule has 1 aliphatic heterocycles. The highest BCUT2D eigenvalue weighted by molar-refractivity contribution is 7.92. The molecule has 0 spiro atoms. The minimum atomic E-state index is -3.95. The van der Waals surface area contributed by atoms with E-state index >= 15 is 0 Å². The minimum Gasteiger partial charge on any atom is -0.469 e. The van der Waals surface area contributed by atoms with Gasteiger partial charge in [-0.05, 0) is 66.5 Å². The molecule has 1 aliphatic carbocycles. The molecule has 0 fully saturated rings. The fourth-order valence-electron chi connectivity index (χ4n) is 5.14. The van der Waals surface area contributed by atoms with Gasteiger partial charge in [-0.25, -0.2) is 18.1 Å². The average molecular weight is 485 g/mol. The van der Waals surface area contributed by atoms with E-state index in [9.17, 15) is 8.42 Å². The lowest BCUT2D eigenvalue weighted by molar-refractivity contribution is 0.166.